The molecule has 0 aromatic carbocycles. The Morgan fingerprint density at radius 1 is 1.26 bits per heavy atom. The van der Waals surface area contributed by atoms with Crippen molar-refractivity contribution in [2.24, 2.45) is 7.05 Å². The smallest absolute Gasteiger partial charge is 0.253 e. The van der Waals surface area contributed by atoms with Crippen molar-refractivity contribution in [3.8, 4) is 0 Å². The Morgan fingerprint density at radius 3 is 2.65 bits per heavy atom. The van der Waals surface area contributed by atoms with Crippen LogP contribution in [0.5, 0.6) is 0 Å². The second-order valence-electron chi connectivity index (χ2n) is 6.12. The van der Waals surface area contributed by atoms with Crippen LogP contribution in [0, 0.1) is 0 Å². The van der Waals surface area contributed by atoms with Gasteiger partial charge in [0.1, 0.15) is 0 Å². The number of piperidine rings is 1. The standard InChI is InChI=1S/C18H24N4O/c1-21-12-2-3-17(21)6-11-20-16-7-13-22(14-8-16)18(23)15-4-9-19-10-5-15/h2-5,9-10,12,16,20H,6-8,11,13-14H2,1H3. The molecule has 23 heavy (non-hydrogen) atoms. The summed E-state index contributed by atoms with van der Waals surface area (Å²) in [5.74, 6) is 0.120. The number of carbonyl (C=O) groups is 1. The van der Waals surface area contributed by atoms with Crippen LogP contribution >= 0.6 is 0 Å². The van der Waals surface area contributed by atoms with E-state index in [4.69, 9.17) is 0 Å². The minimum absolute atomic E-state index is 0.120. The number of nitrogens with zero attached hydrogens (tertiary/aromatic N) is 3. The number of aromatic nitrogens is 2. The van der Waals surface area contributed by atoms with E-state index in [-0.39, 0.29) is 5.91 Å². The lowest BCUT2D eigenvalue weighted by molar-refractivity contribution is 0.0705. The van der Waals surface area contributed by atoms with Crippen LogP contribution in [0.4, 0.5) is 0 Å². The second kappa shape index (κ2) is 7.42. The van der Waals surface area contributed by atoms with Crippen molar-refractivity contribution in [2.45, 2.75) is 25.3 Å². The summed E-state index contributed by atoms with van der Waals surface area (Å²) in [6, 6.07) is 8.33. The Balaban J connectivity index is 1.42. The molecule has 1 saturated heterocycles. The van der Waals surface area contributed by atoms with Gasteiger partial charge in [-0.3, -0.25) is 9.78 Å². The van der Waals surface area contributed by atoms with Gasteiger partial charge in [-0.15, -0.1) is 0 Å². The lowest BCUT2D eigenvalue weighted by Crippen LogP contribution is -2.45. The number of likely N-dealkylation sites (tertiary alicyclic amines) is 1. The van der Waals surface area contributed by atoms with Crippen LogP contribution in [0.25, 0.3) is 0 Å². The van der Waals surface area contributed by atoms with Crippen LogP contribution in [-0.4, -0.2) is 46.0 Å². The van der Waals surface area contributed by atoms with E-state index in [2.05, 4.69) is 40.2 Å². The molecular formula is C18H24N4O. The molecule has 0 atom stereocenters. The van der Waals surface area contributed by atoms with Crippen LogP contribution in [0.15, 0.2) is 42.9 Å². The zero-order valence-electron chi connectivity index (χ0n) is 13.6. The highest BCUT2D eigenvalue weighted by Crippen LogP contribution is 2.14. The summed E-state index contributed by atoms with van der Waals surface area (Å²) in [5, 5.41) is 3.63. The van der Waals surface area contributed by atoms with Crippen LogP contribution in [0.3, 0.4) is 0 Å². The first kappa shape index (κ1) is 15.7. The molecule has 0 aliphatic carbocycles. The number of carbonyl (C=O) groups excluding carboxylic acids is 1. The van der Waals surface area contributed by atoms with Gasteiger partial charge in [0.25, 0.3) is 5.91 Å². The molecule has 2 aromatic heterocycles. The van der Waals surface area contributed by atoms with E-state index in [1.54, 1.807) is 24.5 Å². The van der Waals surface area contributed by atoms with Gasteiger partial charge in [-0.1, -0.05) is 0 Å². The van der Waals surface area contributed by atoms with Gasteiger partial charge >= 0.3 is 0 Å². The summed E-state index contributed by atoms with van der Waals surface area (Å²) in [7, 11) is 2.08. The molecule has 1 fully saturated rings. The second-order valence-corrected chi connectivity index (χ2v) is 6.12. The molecule has 1 aliphatic heterocycles. The minimum Gasteiger partial charge on any atom is -0.354 e. The van der Waals surface area contributed by atoms with Gasteiger partial charge in [0.05, 0.1) is 0 Å². The molecule has 3 heterocycles. The fraction of sp³-hybridized carbons (Fsp3) is 0.444. The number of rotatable bonds is 5. The molecule has 3 rings (SSSR count). The predicted octanol–water partition coefficient (Wildman–Crippen LogP) is 1.86. The van der Waals surface area contributed by atoms with E-state index in [9.17, 15) is 4.79 Å². The van der Waals surface area contributed by atoms with Crippen molar-refractivity contribution >= 4 is 5.91 Å². The summed E-state index contributed by atoms with van der Waals surface area (Å²) in [6.45, 7) is 2.63. The zero-order valence-corrected chi connectivity index (χ0v) is 13.6. The van der Waals surface area contributed by atoms with E-state index in [1.165, 1.54) is 5.69 Å². The van der Waals surface area contributed by atoms with Gasteiger partial charge in [-0.05, 0) is 37.1 Å². The number of amides is 1. The van der Waals surface area contributed by atoms with Crippen molar-refractivity contribution in [2.75, 3.05) is 19.6 Å². The van der Waals surface area contributed by atoms with Crippen LogP contribution in [0.2, 0.25) is 0 Å². The molecule has 0 saturated carbocycles. The third kappa shape index (κ3) is 3.99. The average molecular weight is 312 g/mol. The number of hydrogen-bond donors (Lipinski definition) is 1. The third-order valence-corrected chi connectivity index (χ3v) is 4.57. The highest BCUT2D eigenvalue weighted by molar-refractivity contribution is 5.94. The van der Waals surface area contributed by atoms with Crippen molar-refractivity contribution in [3.05, 3.63) is 54.1 Å². The van der Waals surface area contributed by atoms with Gasteiger partial charge in [0.2, 0.25) is 0 Å². The Bertz CT molecular complexity index is 629. The van der Waals surface area contributed by atoms with E-state index in [0.29, 0.717) is 6.04 Å². The molecule has 1 amide bonds. The lowest BCUT2D eigenvalue weighted by atomic mass is 10.0. The number of nitrogens with one attached hydrogen (secondary N) is 1. The maximum absolute atomic E-state index is 12.4. The first-order chi connectivity index (χ1) is 11.2. The van der Waals surface area contributed by atoms with E-state index >= 15 is 0 Å². The number of pyridine rings is 1. The fourth-order valence-electron chi connectivity index (χ4n) is 3.12. The summed E-state index contributed by atoms with van der Waals surface area (Å²) in [4.78, 5) is 18.3. The highest BCUT2D eigenvalue weighted by Gasteiger charge is 2.23. The van der Waals surface area contributed by atoms with Gasteiger partial charge in [0.15, 0.2) is 0 Å². The molecule has 0 spiro atoms. The maximum Gasteiger partial charge on any atom is 0.253 e. The Labute approximate surface area is 137 Å². The van der Waals surface area contributed by atoms with Gasteiger partial charge < -0.3 is 14.8 Å². The molecule has 0 radical (unpaired) electrons. The Kier molecular flexibility index (Phi) is 5.08. The third-order valence-electron chi connectivity index (χ3n) is 4.57. The minimum atomic E-state index is 0.120. The van der Waals surface area contributed by atoms with E-state index in [1.807, 2.05) is 4.90 Å². The predicted molar refractivity (Wildman–Crippen MR) is 90.3 cm³/mol. The Morgan fingerprint density at radius 2 is 2.00 bits per heavy atom. The van der Waals surface area contributed by atoms with Gasteiger partial charge in [-0.2, -0.15) is 0 Å². The molecule has 0 bridgehead atoms. The SMILES string of the molecule is Cn1cccc1CCNC1CCN(C(=O)c2ccncc2)CC1. The summed E-state index contributed by atoms with van der Waals surface area (Å²) >= 11 is 0. The monoisotopic (exact) mass is 312 g/mol. The van der Waals surface area contributed by atoms with Crippen LogP contribution in [-0.2, 0) is 13.5 Å². The normalized spacial score (nSPS) is 15.8. The molecule has 1 N–H and O–H groups in total. The molecule has 0 unspecified atom stereocenters. The molecule has 5 nitrogen and oxygen atoms in total. The van der Waals surface area contributed by atoms with Crippen LogP contribution in [0.1, 0.15) is 28.9 Å². The van der Waals surface area contributed by atoms with E-state index in [0.717, 1.165) is 44.5 Å². The average Bonchev–Trinajstić information content (AvgIpc) is 3.01. The summed E-state index contributed by atoms with van der Waals surface area (Å²) < 4.78 is 2.16. The van der Waals surface area contributed by atoms with Crippen molar-refractivity contribution in [1.82, 2.24) is 19.8 Å². The summed E-state index contributed by atoms with van der Waals surface area (Å²) in [5.41, 5.74) is 2.08. The van der Waals surface area contributed by atoms with E-state index < -0.39 is 0 Å². The van der Waals surface area contributed by atoms with Gasteiger partial charge in [-0.25, -0.2) is 0 Å². The highest BCUT2D eigenvalue weighted by atomic mass is 16.2. The summed E-state index contributed by atoms with van der Waals surface area (Å²) in [6.07, 6.45) is 8.50. The largest absolute Gasteiger partial charge is 0.354 e. The van der Waals surface area contributed by atoms with Gasteiger partial charge in [0, 0.05) is 69.0 Å². The molecule has 5 heteroatoms. The quantitative estimate of drug-likeness (QED) is 0.917. The topological polar surface area (TPSA) is 50.2 Å². The van der Waals surface area contributed by atoms with Crippen molar-refractivity contribution < 1.29 is 4.79 Å². The van der Waals surface area contributed by atoms with Crippen LogP contribution < -0.4 is 5.32 Å². The molecular weight excluding hydrogens is 288 g/mol. The first-order valence-corrected chi connectivity index (χ1v) is 8.27. The Hall–Kier alpha value is -2.14. The molecule has 122 valence electrons. The molecule has 1 aliphatic rings. The number of hydrogen-bond acceptors (Lipinski definition) is 3. The lowest BCUT2D eigenvalue weighted by Gasteiger charge is -2.32. The van der Waals surface area contributed by atoms with Crippen molar-refractivity contribution in [3.63, 3.8) is 0 Å². The maximum atomic E-state index is 12.4. The van der Waals surface area contributed by atoms with Crippen molar-refractivity contribution in [1.29, 1.82) is 0 Å². The molecule has 2 aromatic rings. The first-order valence-electron chi connectivity index (χ1n) is 8.27. The number of aryl methyl sites for hydroxylation is 1. The fourth-order valence-corrected chi connectivity index (χ4v) is 3.12. The zero-order chi connectivity index (χ0) is 16.1.